The van der Waals surface area contributed by atoms with E-state index in [1.54, 1.807) is 7.11 Å². The quantitative estimate of drug-likeness (QED) is 0.859. The predicted molar refractivity (Wildman–Crippen MR) is 65.9 cm³/mol. The van der Waals surface area contributed by atoms with Gasteiger partial charge in [0.25, 0.3) is 0 Å². The Balaban J connectivity index is 2.15. The average Bonchev–Trinajstić information content (AvgIpc) is 2.80. The molecule has 0 spiro atoms. The van der Waals surface area contributed by atoms with Crippen molar-refractivity contribution in [2.45, 2.75) is 16.7 Å². The van der Waals surface area contributed by atoms with Gasteiger partial charge in [0.2, 0.25) is 0 Å². The highest BCUT2D eigenvalue weighted by Gasteiger charge is 2.64. The molecule has 1 aliphatic carbocycles. The second-order valence-corrected chi connectivity index (χ2v) is 5.57. The molecule has 3 nitrogen and oxygen atoms in total. The highest BCUT2D eigenvalue weighted by Crippen LogP contribution is 2.66. The lowest BCUT2D eigenvalue weighted by atomic mass is 10.1. The van der Waals surface area contributed by atoms with E-state index in [-0.39, 0.29) is 18.3 Å². The Morgan fingerprint density at radius 2 is 2.00 bits per heavy atom. The zero-order valence-corrected chi connectivity index (χ0v) is 10.7. The maximum atomic E-state index is 10.7. The third-order valence-corrected chi connectivity index (χ3v) is 4.10. The molecule has 0 aromatic heterocycles. The summed E-state index contributed by atoms with van der Waals surface area (Å²) in [6, 6.07) is 7.36. The summed E-state index contributed by atoms with van der Waals surface area (Å²) in [5, 5.41) is 8.77. The second kappa shape index (κ2) is 4.39. The van der Waals surface area contributed by atoms with Gasteiger partial charge < -0.3 is 9.84 Å². The van der Waals surface area contributed by atoms with Crippen LogP contribution in [0, 0.1) is 5.92 Å². The minimum absolute atomic E-state index is 0.0102. The molecule has 2 rings (SSSR count). The Kier molecular flexibility index (Phi) is 3.23. The topological polar surface area (TPSA) is 46.5 Å². The van der Waals surface area contributed by atoms with E-state index in [0.29, 0.717) is 0 Å². The van der Waals surface area contributed by atoms with Gasteiger partial charge in [-0.2, -0.15) is 0 Å². The molecule has 1 aliphatic rings. The summed E-state index contributed by atoms with van der Waals surface area (Å²) < 4.78 is 4.09. The molecule has 0 saturated heterocycles. The van der Waals surface area contributed by atoms with Crippen LogP contribution in [0.25, 0.3) is 0 Å². The summed E-state index contributed by atoms with van der Waals surface area (Å²) in [5.74, 6) is -0.472. The number of carboxylic acids is 1. The van der Waals surface area contributed by atoms with E-state index in [1.807, 2.05) is 24.3 Å². The Hall–Kier alpha value is -0.930. The number of benzene rings is 1. The Morgan fingerprint density at radius 1 is 1.41 bits per heavy atom. The fourth-order valence-corrected chi connectivity index (χ4v) is 2.93. The van der Waals surface area contributed by atoms with Gasteiger partial charge >= 0.3 is 5.97 Å². The van der Waals surface area contributed by atoms with E-state index in [4.69, 9.17) is 33.0 Å². The van der Waals surface area contributed by atoms with Crippen LogP contribution in [-0.2, 0) is 4.79 Å². The molecule has 92 valence electrons. The molecule has 0 radical (unpaired) electrons. The van der Waals surface area contributed by atoms with E-state index in [2.05, 4.69) is 0 Å². The van der Waals surface area contributed by atoms with E-state index in [9.17, 15) is 4.79 Å². The summed E-state index contributed by atoms with van der Waals surface area (Å²) in [6.07, 6.45) is -0.0102. The fourth-order valence-electron chi connectivity index (χ4n) is 2.10. The molecule has 0 bridgehead atoms. The molecule has 1 aromatic rings. The number of methoxy groups -OCH3 is 1. The number of alkyl halides is 2. The number of rotatable bonds is 4. The van der Waals surface area contributed by atoms with Gasteiger partial charge in [-0.15, -0.1) is 23.2 Å². The molecule has 1 aromatic carbocycles. The summed E-state index contributed by atoms with van der Waals surface area (Å²) in [7, 11) is 1.59. The SMILES string of the molecule is COc1ccc(C2C(CC(=O)O)C2(Cl)Cl)cc1. The standard InChI is InChI=1S/C12H12Cl2O3/c1-17-8-4-2-7(3-5-8)11-9(6-10(15)16)12(11,13)14/h2-5,9,11H,6H2,1H3,(H,15,16). The van der Waals surface area contributed by atoms with Gasteiger partial charge in [0, 0.05) is 11.8 Å². The molecule has 0 aliphatic heterocycles. The monoisotopic (exact) mass is 274 g/mol. The van der Waals surface area contributed by atoms with Crippen molar-refractivity contribution in [3.8, 4) is 5.75 Å². The maximum Gasteiger partial charge on any atom is 0.303 e. The van der Waals surface area contributed by atoms with Crippen molar-refractivity contribution in [1.29, 1.82) is 0 Å². The average molecular weight is 275 g/mol. The largest absolute Gasteiger partial charge is 0.497 e. The number of halogens is 2. The lowest BCUT2D eigenvalue weighted by Gasteiger charge is -2.02. The van der Waals surface area contributed by atoms with Crippen LogP contribution in [0.15, 0.2) is 24.3 Å². The second-order valence-electron chi connectivity index (χ2n) is 4.13. The van der Waals surface area contributed by atoms with Crippen LogP contribution < -0.4 is 4.74 Å². The third kappa shape index (κ3) is 2.35. The maximum absolute atomic E-state index is 10.7. The number of aliphatic carboxylic acids is 1. The van der Waals surface area contributed by atoms with Crippen molar-refractivity contribution in [1.82, 2.24) is 0 Å². The van der Waals surface area contributed by atoms with Gasteiger partial charge in [-0.05, 0) is 17.7 Å². The molecule has 2 unspecified atom stereocenters. The van der Waals surface area contributed by atoms with Gasteiger partial charge in [-0.1, -0.05) is 12.1 Å². The van der Waals surface area contributed by atoms with Crippen LogP contribution >= 0.6 is 23.2 Å². The molecule has 1 N–H and O–H groups in total. The summed E-state index contributed by atoms with van der Waals surface area (Å²) in [6.45, 7) is 0. The van der Waals surface area contributed by atoms with Crippen LogP contribution in [0.3, 0.4) is 0 Å². The highest BCUT2D eigenvalue weighted by atomic mass is 35.5. The van der Waals surface area contributed by atoms with Crippen molar-refractivity contribution >= 4 is 29.2 Å². The van der Waals surface area contributed by atoms with Gasteiger partial charge in [0.1, 0.15) is 10.1 Å². The van der Waals surface area contributed by atoms with E-state index >= 15 is 0 Å². The minimum Gasteiger partial charge on any atom is -0.497 e. The third-order valence-electron chi connectivity index (χ3n) is 3.07. The lowest BCUT2D eigenvalue weighted by Crippen LogP contribution is -1.99. The first kappa shape index (κ1) is 12.5. The molecule has 0 amide bonds. The molecule has 1 fully saturated rings. The molecule has 2 atom stereocenters. The van der Waals surface area contributed by atoms with Crippen LogP contribution in [0.5, 0.6) is 5.75 Å². The number of ether oxygens (including phenoxy) is 1. The number of carbonyl (C=O) groups is 1. The first-order chi connectivity index (χ1) is 7.96. The zero-order chi connectivity index (χ0) is 12.6. The Bertz CT molecular complexity index is 428. The van der Waals surface area contributed by atoms with E-state index < -0.39 is 10.3 Å². The van der Waals surface area contributed by atoms with Gasteiger partial charge in [0.15, 0.2) is 0 Å². The van der Waals surface area contributed by atoms with E-state index in [0.717, 1.165) is 11.3 Å². The van der Waals surface area contributed by atoms with Crippen molar-refractivity contribution in [3.63, 3.8) is 0 Å². The van der Waals surface area contributed by atoms with Crippen molar-refractivity contribution in [2.24, 2.45) is 5.92 Å². The molecule has 1 saturated carbocycles. The van der Waals surface area contributed by atoms with Crippen LogP contribution in [0.2, 0.25) is 0 Å². The molecular formula is C12H12Cl2O3. The lowest BCUT2D eigenvalue weighted by molar-refractivity contribution is -0.137. The molecule has 0 heterocycles. The van der Waals surface area contributed by atoms with E-state index in [1.165, 1.54) is 0 Å². The van der Waals surface area contributed by atoms with Crippen LogP contribution in [0.1, 0.15) is 17.9 Å². The van der Waals surface area contributed by atoms with Crippen LogP contribution in [0.4, 0.5) is 0 Å². The molecular weight excluding hydrogens is 263 g/mol. The van der Waals surface area contributed by atoms with Crippen molar-refractivity contribution < 1.29 is 14.6 Å². The normalized spacial score (nSPS) is 25.4. The molecule has 5 heteroatoms. The Labute approximate surface area is 109 Å². The van der Waals surface area contributed by atoms with Crippen molar-refractivity contribution in [2.75, 3.05) is 7.11 Å². The van der Waals surface area contributed by atoms with Crippen LogP contribution in [-0.4, -0.2) is 22.5 Å². The Morgan fingerprint density at radius 3 is 2.47 bits per heavy atom. The predicted octanol–water partition coefficient (Wildman–Crippen LogP) is 3.06. The van der Waals surface area contributed by atoms with Gasteiger partial charge in [0.05, 0.1) is 13.5 Å². The summed E-state index contributed by atoms with van der Waals surface area (Å²) in [4.78, 5) is 10.7. The smallest absolute Gasteiger partial charge is 0.303 e. The number of carboxylic acid groups (broad SMARTS) is 1. The highest BCUT2D eigenvalue weighted by molar-refractivity contribution is 6.52. The summed E-state index contributed by atoms with van der Waals surface area (Å²) >= 11 is 12.2. The number of hydrogen-bond acceptors (Lipinski definition) is 2. The number of hydrogen-bond donors (Lipinski definition) is 1. The minimum atomic E-state index is -0.965. The zero-order valence-electron chi connectivity index (χ0n) is 9.19. The first-order valence-corrected chi connectivity index (χ1v) is 5.96. The van der Waals surface area contributed by atoms with Gasteiger partial charge in [-0.25, -0.2) is 0 Å². The fraction of sp³-hybridized carbons (Fsp3) is 0.417. The molecule has 17 heavy (non-hydrogen) atoms. The van der Waals surface area contributed by atoms with Gasteiger partial charge in [-0.3, -0.25) is 4.79 Å². The summed E-state index contributed by atoms with van der Waals surface area (Å²) in [5.41, 5.74) is 0.946. The first-order valence-electron chi connectivity index (χ1n) is 5.20. The van der Waals surface area contributed by atoms with Crippen molar-refractivity contribution in [3.05, 3.63) is 29.8 Å².